The molecular formula is C12H12N2O5S. The molecule has 1 heterocycles. The van der Waals surface area contributed by atoms with E-state index in [0.29, 0.717) is 16.7 Å². The normalized spacial score (nSPS) is 11.4. The van der Waals surface area contributed by atoms with Gasteiger partial charge in [0.15, 0.2) is 0 Å². The van der Waals surface area contributed by atoms with Crippen molar-refractivity contribution in [2.75, 3.05) is 6.61 Å². The first kappa shape index (κ1) is 14.2. The summed E-state index contributed by atoms with van der Waals surface area (Å²) in [5, 5.41) is 14.0. The number of rotatable bonds is 5. The largest absolute Gasteiger partial charge is 0.491 e. The van der Waals surface area contributed by atoms with Crippen molar-refractivity contribution >= 4 is 26.9 Å². The SMILES string of the molecule is NS(=O)(=O)c1ccc(OCCC(=O)O)c2ncccc12. The summed E-state index contributed by atoms with van der Waals surface area (Å²) in [6.07, 6.45) is 1.32. The van der Waals surface area contributed by atoms with Crippen LogP contribution in [-0.4, -0.2) is 31.1 Å². The molecule has 0 atom stereocenters. The highest BCUT2D eigenvalue weighted by Crippen LogP contribution is 2.28. The van der Waals surface area contributed by atoms with E-state index in [1.165, 1.54) is 18.3 Å². The zero-order valence-electron chi connectivity index (χ0n) is 10.3. The Kier molecular flexibility index (Phi) is 3.86. The van der Waals surface area contributed by atoms with Gasteiger partial charge >= 0.3 is 5.97 Å². The second-order valence-electron chi connectivity index (χ2n) is 4.00. The van der Waals surface area contributed by atoms with Crippen LogP contribution in [0.2, 0.25) is 0 Å². The lowest BCUT2D eigenvalue weighted by Crippen LogP contribution is -2.13. The van der Waals surface area contributed by atoms with Gasteiger partial charge in [-0.3, -0.25) is 9.78 Å². The molecule has 20 heavy (non-hydrogen) atoms. The van der Waals surface area contributed by atoms with Crippen LogP contribution in [0, 0.1) is 0 Å². The molecule has 2 aromatic rings. The highest BCUT2D eigenvalue weighted by Gasteiger charge is 2.15. The molecule has 106 valence electrons. The Morgan fingerprint density at radius 2 is 2.10 bits per heavy atom. The molecule has 0 unspecified atom stereocenters. The molecule has 0 amide bonds. The monoisotopic (exact) mass is 296 g/mol. The second-order valence-corrected chi connectivity index (χ2v) is 5.53. The number of hydrogen-bond donors (Lipinski definition) is 2. The summed E-state index contributed by atoms with van der Waals surface area (Å²) in [6.45, 7) is -0.0320. The first-order valence-corrected chi connectivity index (χ1v) is 7.19. The van der Waals surface area contributed by atoms with Gasteiger partial charge in [-0.05, 0) is 24.3 Å². The number of ether oxygens (including phenoxy) is 1. The van der Waals surface area contributed by atoms with Crippen molar-refractivity contribution in [1.29, 1.82) is 0 Å². The summed E-state index contributed by atoms with van der Waals surface area (Å²) in [7, 11) is -3.87. The number of carbonyl (C=O) groups is 1. The zero-order valence-corrected chi connectivity index (χ0v) is 11.1. The number of aromatic nitrogens is 1. The van der Waals surface area contributed by atoms with Crippen LogP contribution in [0.15, 0.2) is 35.4 Å². The number of carboxylic acid groups (broad SMARTS) is 1. The first-order chi connectivity index (χ1) is 9.39. The first-order valence-electron chi connectivity index (χ1n) is 5.65. The van der Waals surface area contributed by atoms with Crippen molar-refractivity contribution in [2.24, 2.45) is 5.14 Å². The van der Waals surface area contributed by atoms with Crippen LogP contribution in [-0.2, 0) is 14.8 Å². The van der Waals surface area contributed by atoms with Gasteiger partial charge in [0, 0.05) is 11.6 Å². The minimum Gasteiger partial charge on any atom is -0.491 e. The number of fused-ring (bicyclic) bond motifs is 1. The van der Waals surface area contributed by atoms with Crippen LogP contribution in [0.4, 0.5) is 0 Å². The fraction of sp³-hybridized carbons (Fsp3) is 0.167. The van der Waals surface area contributed by atoms with Gasteiger partial charge in [0.25, 0.3) is 0 Å². The van der Waals surface area contributed by atoms with E-state index in [1.807, 2.05) is 0 Å². The van der Waals surface area contributed by atoms with Crippen molar-refractivity contribution in [2.45, 2.75) is 11.3 Å². The van der Waals surface area contributed by atoms with Gasteiger partial charge in [-0.1, -0.05) is 0 Å². The number of primary sulfonamides is 1. The zero-order chi connectivity index (χ0) is 14.8. The average molecular weight is 296 g/mol. The van der Waals surface area contributed by atoms with Gasteiger partial charge in [0.2, 0.25) is 10.0 Å². The van der Waals surface area contributed by atoms with Crippen LogP contribution in [0.25, 0.3) is 10.9 Å². The second kappa shape index (κ2) is 5.43. The third-order valence-electron chi connectivity index (χ3n) is 2.57. The molecule has 0 saturated carbocycles. The maximum absolute atomic E-state index is 11.5. The summed E-state index contributed by atoms with van der Waals surface area (Å²) in [5.41, 5.74) is 0.324. The molecule has 2 rings (SSSR count). The standard InChI is InChI=1S/C12H12N2O5S/c13-20(17,18)10-4-3-9(19-7-5-11(15)16)12-8(10)2-1-6-14-12/h1-4,6H,5,7H2,(H,15,16)(H2,13,17,18). The molecule has 0 aliphatic heterocycles. The van der Waals surface area contributed by atoms with Crippen LogP contribution in [0.5, 0.6) is 5.75 Å². The molecular weight excluding hydrogens is 284 g/mol. The van der Waals surface area contributed by atoms with E-state index in [0.717, 1.165) is 0 Å². The predicted molar refractivity (Wildman–Crippen MR) is 70.9 cm³/mol. The van der Waals surface area contributed by atoms with Gasteiger partial charge in [-0.15, -0.1) is 0 Å². The fourth-order valence-electron chi connectivity index (χ4n) is 1.73. The van der Waals surface area contributed by atoms with Crippen molar-refractivity contribution in [3.63, 3.8) is 0 Å². The molecule has 8 heteroatoms. The number of aliphatic carboxylic acids is 1. The summed E-state index contributed by atoms with van der Waals surface area (Å²) < 4.78 is 28.3. The van der Waals surface area contributed by atoms with E-state index >= 15 is 0 Å². The van der Waals surface area contributed by atoms with Gasteiger partial charge in [0.05, 0.1) is 17.9 Å². The lowest BCUT2D eigenvalue weighted by atomic mass is 10.2. The maximum atomic E-state index is 11.5. The smallest absolute Gasteiger partial charge is 0.306 e. The maximum Gasteiger partial charge on any atom is 0.306 e. The number of benzene rings is 1. The summed E-state index contributed by atoms with van der Waals surface area (Å²) in [5.74, 6) is -0.669. The minimum absolute atomic E-state index is 0.0320. The average Bonchev–Trinajstić information content (AvgIpc) is 2.37. The van der Waals surface area contributed by atoms with Gasteiger partial charge in [0.1, 0.15) is 11.3 Å². The molecule has 0 aliphatic rings. The Hall–Kier alpha value is -2.19. The van der Waals surface area contributed by atoms with E-state index in [9.17, 15) is 13.2 Å². The number of nitrogens with two attached hydrogens (primary N) is 1. The topological polar surface area (TPSA) is 120 Å². The number of carboxylic acids is 1. The predicted octanol–water partition coefficient (Wildman–Crippen LogP) is 0.736. The minimum atomic E-state index is -3.87. The molecule has 0 saturated heterocycles. The molecule has 7 nitrogen and oxygen atoms in total. The van der Waals surface area contributed by atoms with Crippen LogP contribution < -0.4 is 9.88 Å². The fourth-order valence-corrected chi connectivity index (χ4v) is 2.46. The van der Waals surface area contributed by atoms with Crippen molar-refractivity contribution in [3.8, 4) is 5.75 Å². The Labute approximate surface area is 115 Å². The van der Waals surface area contributed by atoms with Crippen molar-refractivity contribution < 1.29 is 23.1 Å². The molecule has 0 radical (unpaired) electrons. The van der Waals surface area contributed by atoms with E-state index < -0.39 is 16.0 Å². The third kappa shape index (κ3) is 3.03. The van der Waals surface area contributed by atoms with Crippen molar-refractivity contribution in [1.82, 2.24) is 4.98 Å². The summed E-state index contributed by atoms with van der Waals surface area (Å²) >= 11 is 0. The molecule has 0 spiro atoms. The van der Waals surface area contributed by atoms with E-state index in [2.05, 4.69) is 4.98 Å². The quantitative estimate of drug-likeness (QED) is 0.839. The van der Waals surface area contributed by atoms with Gasteiger partial charge < -0.3 is 9.84 Å². The van der Waals surface area contributed by atoms with Crippen molar-refractivity contribution in [3.05, 3.63) is 30.5 Å². The number of hydrogen-bond acceptors (Lipinski definition) is 5. The molecule has 1 aromatic heterocycles. The Bertz CT molecular complexity index is 758. The molecule has 0 bridgehead atoms. The Balaban J connectivity index is 2.46. The number of sulfonamides is 1. The lowest BCUT2D eigenvalue weighted by molar-refractivity contribution is -0.137. The van der Waals surface area contributed by atoms with Crippen LogP contribution in [0.1, 0.15) is 6.42 Å². The van der Waals surface area contributed by atoms with E-state index in [4.69, 9.17) is 15.0 Å². The Morgan fingerprint density at radius 1 is 1.35 bits per heavy atom. The Morgan fingerprint density at radius 3 is 2.75 bits per heavy atom. The molecule has 3 N–H and O–H groups in total. The van der Waals surface area contributed by atoms with Gasteiger partial charge in [-0.25, -0.2) is 13.6 Å². The molecule has 0 fully saturated rings. The van der Waals surface area contributed by atoms with Gasteiger partial charge in [-0.2, -0.15) is 0 Å². The highest BCUT2D eigenvalue weighted by molar-refractivity contribution is 7.89. The summed E-state index contributed by atoms with van der Waals surface area (Å²) in [6, 6.07) is 5.87. The summed E-state index contributed by atoms with van der Waals surface area (Å²) in [4.78, 5) is 14.5. The van der Waals surface area contributed by atoms with E-state index in [1.54, 1.807) is 12.1 Å². The van der Waals surface area contributed by atoms with Crippen LogP contribution in [0.3, 0.4) is 0 Å². The number of pyridine rings is 1. The molecule has 1 aromatic carbocycles. The van der Waals surface area contributed by atoms with Crippen LogP contribution >= 0.6 is 0 Å². The number of nitrogens with zero attached hydrogens (tertiary/aromatic N) is 1. The third-order valence-corrected chi connectivity index (χ3v) is 3.54. The van der Waals surface area contributed by atoms with E-state index in [-0.39, 0.29) is 17.9 Å². The molecule has 0 aliphatic carbocycles. The highest BCUT2D eigenvalue weighted by atomic mass is 32.2. The lowest BCUT2D eigenvalue weighted by Gasteiger charge is -2.10.